The molecule has 0 unspecified atom stereocenters. The van der Waals surface area contributed by atoms with Crippen molar-refractivity contribution >= 4 is 32.5 Å². The van der Waals surface area contributed by atoms with Gasteiger partial charge in [0, 0.05) is 43.9 Å². The molecule has 10 nitrogen and oxygen atoms in total. The fourth-order valence-electron chi connectivity index (χ4n) is 4.54. The summed E-state index contributed by atoms with van der Waals surface area (Å²) in [5.74, 6) is 0.470. The minimum Gasteiger partial charge on any atom is -0.383 e. The van der Waals surface area contributed by atoms with Gasteiger partial charge in [-0.1, -0.05) is 6.07 Å². The van der Waals surface area contributed by atoms with E-state index in [0.717, 1.165) is 53.8 Å². The summed E-state index contributed by atoms with van der Waals surface area (Å²) in [5, 5.41) is 3.63. The van der Waals surface area contributed by atoms with Crippen molar-refractivity contribution in [2.24, 2.45) is 0 Å². The average molecular weight is 533 g/mol. The van der Waals surface area contributed by atoms with Gasteiger partial charge in [-0.05, 0) is 49.2 Å². The Labute approximate surface area is 221 Å². The second-order valence-corrected chi connectivity index (χ2v) is 11.3. The zero-order valence-corrected chi connectivity index (χ0v) is 22.0. The molecule has 196 valence electrons. The number of anilines is 1. The summed E-state index contributed by atoms with van der Waals surface area (Å²) in [7, 11) is -1.74. The average Bonchev–Trinajstić information content (AvgIpc) is 3.39. The maximum absolute atomic E-state index is 12.6. The van der Waals surface area contributed by atoms with Crippen molar-refractivity contribution in [2.45, 2.75) is 30.3 Å². The Morgan fingerprint density at radius 3 is 2.76 bits per heavy atom. The van der Waals surface area contributed by atoms with E-state index >= 15 is 0 Å². The third kappa shape index (κ3) is 5.63. The van der Waals surface area contributed by atoms with Crippen LogP contribution in [-0.2, 0) is 21.1 Å². The number of carbonyl (C=O) groups is 1. The lowest BCUT2D eigenvalue weighted by Gasteiger charge is -2.25. The predicted molar refractivity (Wildman–Crippen MR) is 144 cm³/mol. The number of pyridine rings is 4. The van der Waals surface area contributed by atoms with Crippen LogP contribution in [0.2, 0.25) is 0 Å². The molecule has 4 aromatic heterocycles. The zero-order valence-electron chi connectivity index (χ0n) is 21.2. The molecule has 0 spiro atoms. The molecular formula is C27H28N6O4S. The van der Waals surface area contributed by atoms with Crippen LogP contribution in [0.1, 0.15) is 28.9 Å². The summed E-state index contributed by atoms with van der Waals surface area (Å²) in [6, 6.07) is 13.3. The summed E-state index contributed by atoms with van der Waals surface area (Å²) in [4.78, 5) is 32.9. The molecule has 0 saturated carbocycles. The van der Waals surface area contributed by atoms with Crippen molar-refractivity contribution < 1.29 is 17.9 Å². The number of amides is 1. The Hall–Kier alpha value is -3.96. The van der Waals surface area contributed by atoms with Crippen molar-refractivity contribution in [2.75, 3.05) is 31.4 Å². The molecule has 11 heteroatoms. The van der Waals surface area contributed by atoms with Gasteiger partial charge in [0.15, 0.2) is 9.84 Å². The lowest BCUT2D eigenvalue weighted by atomic mass is 10.2. The van der Waals surface area contributed by atoms with E-state index < -0.39 is 15.7 Å². The number of methoxy groups -OCH3 is 1. The van der Waals surface area contributed by atoms with Crippen molar-refractivity contribution in [3.05, 3.63) is 72.3 Å². The number of sulfone groups is 1. The number of aromatic nitrogens is 4. The topological polar surface area (TPSA) is 127 Å². The number of hydrogen-bond acceptors (Lipinski definition) is 9. The number of carbonyl (C=O) groups excluding carboxylic acids is 1. The normalized spacial score (nSPS) is 15.6. The number of fused-ring (bicyclic) bond motifs is 1. The predicted octanol–water partition coefficient (Wildman–Crippen LogP) is 3.04. The van der Waals surface area contributed by atoms with Crippen LogP contribution in [0.5, 0.6) is 0 Å². The Balaban J connectivity index is 1.34. The van der Waals surface area contributed by atoms with Crippen LogP contribution in [0, 0.1) is 0 Å². The summed E-state index contributed by atoms with van der Waals surface area (Å²) in [6.07, 6.45) is 7.52. The smallest absolute Gasteiger partial charge is 0.253 e. The van der Waals surface area contributed by atoms with Crippen LogP contribution in [0.25, 0.3) is 22.3 Å². The van der Waals surface area contributed by atoms with E-state index in [1.54, 1.807) is 13.3 Å². The van der Waals surface area contributed by atoms with E-state index in [1.807, 2.05) is 36.4 Å². The molecule has 1 aliphatic rings. The number of ether oxygens (including phenoxy) is 1. The summed E-state index contributed by atoms with van der Waals surface area (Å²) >= 11 is 0. The van der Waals surface area contributed by atoms with Crippen LogP contribution >= 0.6 is 0 Å². The van der Waals surface area contributed by atoms with Gasteiger partial charge in [-0.3, -0.25) is 14.8 Å². The maximum atomic E-state index is 12.6. The van der Waals surface area contributed by atoms with Crippen molar-refractivity contribution in [3.8, 4) is 11.4 Å². The highest BCUT2D eigenvalue weighted by molar-refractivity contribution is 7.90. The molecule has 1 N–H and O–H groups in total. The molecular weight excluding hydrogens is 504 g/mol. The molecule has 1 fully saturated rings. The van der Waals surface area contributed by atoms with Crippen LogP contribution < -0.4 is 10.2 Å². The first-order chi connectivity index (χ1) is 18.3. The van der Waals surface area contributed by atoms with Gasteiger partial charge >= 0.3 is 0 Å². The first-order valence-electron chi connectivity index (χ1n) is 12.2. The Kier molecular flexibility index (Phi) is 7.30. The van der Waals surface area contributed by atoms with Gasteiger partial charge in [-0.25, -0.2) is 18.4 Å². The first kappa shape index (κ1) is 25.7. The minimum atomic E-state index is -3.47. The van der Waals surface area contributed by atoms with Gasteiger partial charge in [0.2, 0.25) is 0 Å². The summed E-state index contributed by atoms with van der Waals surface area (Å²) < 4.78 is 28.9. The zero-order chi connectivity index (χ0) is 26.7. The maximum Gasteiger partial charge on any atom is 0.253 e. The van der Waals surface area contributed by atoms with Crippen LogP contribution in [0.3, 0.4) is 0 Å². The van der Waals surface area contributed by atoms with Gasteiger partial charge in [0.25, 0.3) is 5.91 Å². The standard InChI is InChI=1S/C27H28N6O4S/c1-37-17-21-5-4-10-33(21)26-7-3-6-23(32-26)24-9-8-18-14-29-20(12-25(18)31-24)15-30-27(34)19-11-22(16-28-13-19)38(2,35)36/h3,6-9,11-14,16,21H,4-5,10,15,17H2,1-2H3,(H,30,34)/t21-/m0/s1. The lowest BCUT2D eigenvalue weighted by Crippen LogP contribution is -2.33. The molecule has 5 rings (SSSR count). The molecule has 5 heterocycles. The molecule has 1 saturated heterocycles. The summed E-state index contributed by atoms with van der Waals surface area (Å²) in [5.41, 5.74) is 3.02. The number of nitrogens with zero attached hydrogens (tertiary/aromatic N) is 5. The van der Waals surface area contributed by atoms with E-state index in [9.17, 15) is 13.2 Å². The van der Waals surface area contributed by atoms with E-state index in [2.05, 4.69) is 20.2 Å². The van der Waals surface area contributed by atoms with Gasteiger partial charge < -0.3 is 15.0 Å². The number of hydrogen-bond donors (Lipinski definition) is 1. The molecule has 1 atom stereocenters. The molecule has 0 radical (unpaired) electrons. The Morgan fingerprint density at radius 2 is 1.95 bits per heavy atom. The Bertz CT molecular complexity index is 1590. The minimum absolute atomic E-state index is 0.0117. The van der Waals surface area contributed by atoms with Gasteiger partial charge in [0.1, 0.15) is 5.82 Å². The van der Waals surface area contributed by atoms with Crippen molar-refractivity contribution in [1.29, 1.82) is 0 Å². The molecule has 0 bridgehead atoms. The molecule has 0 aromatic carbocycles. The molecule has 1 aliphatic heterocycles. The highest BCUT2D eigenvalue weighted by Crippen LogP contribution is 2.27. The first-order valence-corrected chi connectivity index (χ1v) is 14.1. The largest absolute Gasteiger partial charge is 0.383 e. The summed E-state index contributed by atoms with van der Waals surface area (Å²) in [6.45, 7) is 1.77. The van der Waals surface area contributed by atoms with Crippen LogP contribution in [0.4, 0.5) is 5.82 Å². The number of rotatable bonds is 8. The second-order valence-electron chi connectivity index (χ2n) is 9.25. The fourth-order valence-corrected chi connectivity index (χ4v) is 5.14. The van der Waals surface area contributed by atoms with Crippen molar-refractivity contribution in [3.63, 3.8) is 0 Å². The monoisotopic (exact) mass is 532 g/mol. The van der Waals surface area contributed by atoms with Gasteiger partial charge in [-0.2, -0.15) is 0 Å². The quantitative estimate of drug-likeness (QED) is 0.364. The number of nitrogens with one attached hydrogen (secondary N) is 1. The van der Waals surface area contributed by atoms with Crippen LogP contribution in [-0.4, -0.2) is 66.8 Å². The van der Waals surface area contributed by atoms with Gasteiger partial charge in [-0.15, -0.1) is 0 Å². The van der Waals surface area contributed by atoms with E-state index in [4.69, 9.17) is 14.7 Å². The SMILES string of the molecule is COC[C@@H]1CCCN1c1cccc(-c2ccc3cnc(CNC(=O)c4cncc(S(C)(=O)=O)c4)cc3n2)n1. The van der Waals surface area contributed by atoms with Crippen LogP contribution in [0.15, 0.2) is 66.0 Å². The highest BCUT2D eigenvalue weighted by Gasteiger charge is 2.25. The third-order valence-corrected chi connectivity index (χ3v) is 7.57. The molecule has 1 amide bonds. The van der Waals surface area contributed by atoms with Gasteiger partial charge in [0.05, 0.1) is 52.3 Å². The van der Waals surface area contributed by atoms with E-state index in [-0.39, 0.29) is 17.0 Å². The lowest BCUT2D eigenvalue weighted by molar-refractivity contribution is 0.0950. The molecule has 38 heavy (non-hydrogen) atoms. The van der Waals surface area contributed by atoms with E-state index in [1.165, 1.54) is 18.5 Å². The highest BCUT2D eigenvalue weighted by atomic mass is 32.2. The van der Waals surface area contributed by atoms with E-state index in [0.29, 0.717) is 18.3 Å². The van der Waals surface area contributed by atoms with Crippen molar-refractivity contribution in [1.82, 2.24) is 25.3 Å². The fraction of sp³-hybridized carbons (Fsp3) is 0.296. The second kappa shape index (κ2) is 10.8. The molecule has 0 aliphatic carbocycles. The third-order valence-electron chi connectivity index (χ3n) is 6.49. The Morgan fingerprint density at radius 1 is 1.11 bits per heavy atom. The molecule has 4 aromatic rings.